The highest BCUT2D eigenvalue weighted by Gasteiger charge is 2.15. The van der Waals surface area contributed by atoms with Gasteiger partial charge in [0.15, 0.2) is 0 Å². The van der Waals surface area contributed by atoms with Crippen LogP contribution in [0.3, 0.4) is 0 Å². The highest BCUT2D eigenvalue weighted by molar-refractivity contribution is 5.15. The van der Waals surface area contributed by atoms with Gasteiger partial charge in [-0.25, -0.2) is 4.39 Å². The Balaban J connectivity index is 1.73. The van der Waals surface area contributed by atoms with Crippen LogP contribution in [-0.4, -0.2) is 19.3 Å². The first-order valence-corrected chi connectivity index (χ1v) is 5.28. The van der Waals surface area contributed by atoms with Gasteiger partial charge in [-0.2, -0.15) is 0 Å². The Labute approximate surface area is 89.0 Å². The van der Waals surface area contributed by atoms with Crippen LogP contribution in [0.1, 0.15) is 18.4 Å². The maximum Gasteiger partial charge on any atom is 0.123 e. The number of hydrogen-bond donors (Lipinski definition) is 0. The predicted molar refractivity (Wildman–Crippen MR) is 55.0 cm³/mol. The van der Waals surface area contributed by atoms with Crippen LogP contribution >= 0.6 is 0 Å². The van der Waals surface area contributed by atoms with Gasteiger partial charge in [-0.3, -0.25) is 0 Å². The number of ether oxygens (including phenoxy) is 2. The number of hydrogen-bond acceptors (Lipinski definition) is 2. The zero-order valence-electron chi connectivity index (χ0n) is 8.62. The lowest BCUT2D eigenvalue weighted by atomic mass is 10.2. The molecule has 0 aromatic heterocycles. The fraction of sp³-hybridized carbons (Fsp3) is 0.500. The van der Waals surface area contributed by atoms with Gasteiger partial charge in [-0.1, -0.05) is 12.1 Å². The van der Waals surface area contributed by atoms with Crippen molar-refractivity contribution in [3.8, 4) is 0 Å². The molecule has 82 valence electrons. The minimum Gasteiger partial charge on any atom is -0.376 e. The molecule has 0 spiro atoms. The van der Waals surface area contributed by atoms with Gasteiger partial charge in [0.1, 0.15) is 5.82 Å². The van der Waals surface area contributed by atoms with Gasteiger partial charge < -0.3 is 9.47 Å². The van der Waals surface area contributed by atoms with Gasteiger partial charge in [-0.05, 0) is 30.5 Å². The van der Waals surface area contributed by atoms with Crippen molar-refractivity contribution in [3.63, 3.8) is 0 Å². The first-order valence-electron chi connectivity index (χ1n) is 5.28. The molecule has 2 nitrogen and oxygen atoms in total. The third-order valence-corrected chi connectivity index (χ3v) is 2.49. The Kier molecular flexibility index (Phi) is 3.69. The molecule has 0 amide bonds. The van der Waals surface area contributed by atoms with Gasteiger partial charge in [-0.15, -0.1) is 0 Å². The molecule has 0 saturated carbocycles. The fourth-order valence-electron chi connectivity index (χ4n) is 1.71. The SMILES string of the molecule is Fc1cccc(COCC2CCCO2)c1. The normalized spacial score (nSPS) is 20.7. The molecule has 3 heteroatoms. The van der Waals surface area contributed by atoms with E-state index in [4.69, 9.17) is 9.47 Å². The molecule has 1 heterocycles. The highest BCUT2D eigenvalue weighted by atomic mass is 19.1. The molecular weight excluding hydrogens is 195 g/mol. The maximum absolute atomic E-state index is 12.8. The molecule has 0 N–H and O–H groups in total. The summed E-state index contributed by atoms with van der Waals surface area (Å²) in [7, 11) is 0. The quantitative estimate of drug-likeness (QED) is 0.760. The van der Waals surface area contributed by atoms with E-state index >= 15 is 0 Å². The zero-order valence-corrected chi connectivity index (χ0v) is 8.62. The smallest absolute Gasteiger partial charge is 0.123 e. The molecule has 1 fully saturated rings. The first kappa shape index (κ1) is 10.6. The number of rotatable bonds is 4. The Bertz CT molecular complexity index is 308. The summed E-state index contributed by atoms with van der Waals surface area (Å²) in [5.41, 5.74) is 0.869. The zero-order chi connectivity index (χ0) is 10.5. The third-order valence-electron chi connectivity index (χ3n) is 2.49. The summed E-state index contributed by atoms with van der Waals surface area (Å²) < 4.78 is 23.7. The highest BCUT2D eigenvalue weighted by Crippen LogP contribution is 2.13. The molecule has 2 rings (SSSR count). The minimum atomic E-state index is -0.215. The molecule has 0 bridgehead atoms. The standard InChI is InChI=1S/C12H15FO2/c13-11-4-1-3-10(7-11)8-14-9-12-5-2-6-15-12/h1,3-4,7,12H,2,5-6,8-9H2. The Morgan fingerprint density at radius 1 is 1.47 bits per heavy atom. The molecular formula is C12H15FO2. The molecule has 1 unspecified atom stereocenters. The van der Waals surface area contributed by atoms with Gasteiger partial charge in [0, 0.05) is 6.61 Å². The van der Waals surface area contributed by atoms with Crippen LogP contribution in [0.2, 0.25) is 0 Å². The second-order valence-electron chi connectivity index (χ2n) is 3.78. The molecule has 1 saturated heterocycles. The number of halogens is 1. The second kappa shape index (κ2) is 5.24. The molecule has 0 aliphatic carbocycles. The summed E-state index contributed by atoms with van der Waals surface area (Å²) in [6.45, 7) is 1.90. The van der Waals surface area contributed by atoms with Crippen molar-refractivity contribution in [2.45, 2.75) is 25.6 Å². The summed E-state index contributed by atoms with van der Waals surface area (Å²) in [4.78, 5) is 0. The van der Waals surface area contributed by atoms with E-state index in [0.717, 1.165) is 25.0 Å². The number of benzene rings is 1. The monoisotopic (exact) mass is 210 g/mol. The van der Waals surface area contributed by atoms with Crippen molar-refractivity contribution >= 4 is 0 Å². The Hall–Kier alpha value is -0.930. The first-order chi connectivity index (χ1) is 7.34. The van der Waals surface area contributed by atoms with Crippen LogP contribution in [0, 0.1) is 5.82 Å². The molecule has 1 atom stereocenters. The van der Waals surface area contributed by atoms with Crippen molar-refractivity contribution in [2.75, 3.05) is 13.2 Å². The van der Waals surface area contributed by atoms with Crippen LogP contribution in [0.15, 0.2) is 24.3 Å². The lowest BCUT2D eigenvalue weighted by Crippen LogP contribution is -2.13. The summed E-state index contributed by atoms with van der Waals surface area (Å²) in [6.07, 6.45) is 2.43. The molecule has 1 aromatic carbocycles. The van der Waals surface area contributed by atoms with E-state index in [-0.39, 0.29) is 11.9 Å². The topological polar surface area (TPSA) is 18.5 Å². The minimum absolute atomic E-state index is 0.215. The summed E-state index contributed by atoms with van der Waals surface area (Å²) in [6, 6.07) is 6.48. The van der Waals surface area contributed by atoms with Crippen molar-refractivity contribution < 1.29 is 13.9 Å². The van der Waals surface area contributed by atoms with E-state index in [1.54, 1.807) is 6.07 Å². The lowest BCUT2D eigenvalue weighted by molar-refractivity contribution is 0.0105. The summed E-state index contributed by atoms with van der Waals surface area (Å²) in [5, 5.41) is 0. The predicted octanol–water partition coefficient (Wildman–Crippen LogP) is 2.52. The van der Waals surface area contributed by atoms with Crippen molar-refractivity contribution in [2.24, 2.45) is 0 Å². The van der Waals surface area contributed by atoms with Crippen molar-refractivity contribution in [1.82, 2.24) is 0 Å². The van der Waals surface area contributed by atoms with E-state index in [1.165, 1.54) is 12.1 Å². The van der Waals surface area contributed by atoms with E-state index in [9.17, 15) is 4.39 Å². The third kappa shape index (κ3) is 3.29. The van der Waals surface area contributed by atoms with Crippen LogP contribution in [-0.2, 0) is 16.1 Å². The van der Waals surface area contributed by atoms with Crippen LogP contribution in [0.5, 0.6) is 0 Å². The van der Waals surface area contributed by atoms with Gasteiger partial charge in [0.25, 0.3) is 0 Å². The average molecular weight is 210 g/mol. The maximum atomic E-state index is 12.8. The van der Waals surface area contributed by atoms with Crippen molar-refractivity contribution in [1.29, 1.82) is 0 Å². The molecule has 1 aliphatic rings. The average Bonchev–Trinajstić information content (AvgIpc) is 2.71. The Morgan fingerprint density at radius 2 is 2.40 bits per heavy atom. The van der Waals surface area contributed by atoms with Crippen LogP contribution < -0.4 is 0 Å². The molecule has 15 heavy (non-hydrogen) atoms. The lowest BCUT2D eigenvalue weighted by Gasteiger charge is -2.09. The summed E-state index contributed by atoms with van der Waals surface area (Å²) in [5.74, 6) is -0.215. The Morgan fingerprint density at radius 3 is 3.13 bits per heavy atom. The van der Waals surface area contributed by atoms with Crippen LogP contribution in [0.4, 0.5) is 4.39 Å². The van der Waals surface area contributed by atoms with E-state index in [2.05, 4.69) is 0 Å². The molecule has 1 aromatic rings. The van der Waals surface area contributed by atoms with E-state index < -0.39 is 0 Å². The second-order valence-corrected chi connectivity index (χ2v) is 3.78. The fourth-order valence-corrected chi connectivity index (χ4v) is 1.71. The van der Waals surface area contributed by atoms with Gasteiger partial charge in [0.05, 0.1) is 19.3 Å². The molecule has 1 aliphatic heterocycles. The van der Waals surface area contributed by atoms with E-state index in [0.29, 0.717) is 13.2 Å². The van der Waals surface area contributed by atoms with Crippen LogP contribution in [0.25, 0.3) is 0 Å². The van der Waals surface area contributed by atoms with E-state index in [1.807, 2.05) is 6.07 Å². The largest absolute Gasteiger partial charge is 0.376 e. The van der Waals surface area contributed by atoms with Gasteiger partial charge in [0.2, 0.25) is 0 Å². The van der Waals surface area contributed by atoms with Crippen molar-refractivity contribution in [3.05, 3.63) is 35.6 Å². The molecule has 0 radical (unpaired) electrons. The van der Waals surface area contributed by atoms with Gasteiger partial charge >= 0.3 is 0 Å². The summed E-state index contributed by atoms with van der Waals surface area (Å²) >= 11 is 0.